The summed E-state index contributed by atoms with van der Waals surface area (Å²) >= 11 is 0. The molecule has 0 saturated carbocycles. The maximum atomic E-state index is 13.3. The average Bonchev–Trinajstić information content (AvgIpc) is 2.62. The number of nitrogens with zero attached hydrogens (tertiary/aromatic N) is 1. The van der Waals surface area contributed by atoms with Gasteiger partial charge in [-0.1, -0.05) is 12.1 Å². The van der Waals surface area contributed by atoms with Crippen molar-refractivity contribution < 1.29 is 23.6 Å². The summed E-state index contributed by atoms with van der Waals surface area (Å²) in [6, 6.07) is 10.8. The van der Waals surface area contributed by atoms with Crippen LogP contribution in [0.2, 0.25) is 0 Å². The van der Waals surface area contributed by atoms with Gasteiger partial charge in [-0.15, -0.1) is 0 Å². The van der Waals surface area contributed by atoms with E-state index in [4.69, 9.17) is 4.74 Å². The van der Waals surface area contributed by atoms with Crippen molar-refractivity contribution in [1.29, 1.82) is 0 Å². The fraction of sp³-hybridized carbons (Fsp3) is 0.176. The van der Waals surface area contributed by atoms with Crippen molar-refractivity contribution in [2.75, 3.05) is 19.0 Å². The minimum absolute atomic E-state index is 0.0352. The summed E-state index contributed by atoms with van der Waals surface area (Å²) in [5.41, 5.74) is 0.623. The Morgan fingerprint density at radius 1 is 1.19 bits per heavy atom. The molecule has 0 fully saturated rings. The van der Waals surface area contributed by atoms with Crippen molar-refractivity contribution in [3.63, 3.8) is 0 Å². The first-order chi connectivity index (χ1) is 12.4. The minimum Gasteiger partial charge on any atom is -0.375 e. The number of carbonyl (C=O) groups excluding carboxylic acids is 2. The molecule has 0 saturated heterocycles. The first kappa shape index (κ1) is 19.0. The van der Waals surface area contributed by atoms with Gasteiger partial charge in [-0.3, -0.25) is 19.7 Å². The summed E-state index contributed by atoms with van der Waals surface area (Å²) in [7, 11) is 1.40. The van der Waals surface area contributed by atoms with Crippen LogP contribution >= 0.6 is 0 Å². The molecule has 2 rings (SSSR count). The highest BCUT2D eigenvalue weighted by molar-refractivity contribution is 6.39. The van der Waals surface area contributed by atoms with Crippen LogP contribution in [0.15, 0.2) is 48.5 Å². The Labute approximate surface area is 148 Å². The largest absolute Gasteiger partial charge is 0.375 e. The number of nitrogens with one attached hydrogen (secondary N) is 2. The Bertz CT molecular complexity index is 810. The van der Waals surface area contributed by atoms with Crippen LogP contribution in [-0.4, -0.2) is 30.4 Å². The fourth-order valence-corrected chi connectivity index (χ4v) is 2.16. The number of amides is 2. The molecule has 2 amide bonds. The number of carbonyl (C=O) groups is 2. The summed E-state index contributed by atoms with van der Waals surface area (Å²) in [5.74, 6) is -2.29. The number of halogens is 1. The highest BCUT2D eigenvalue weighted by Gasteiger charge is 2.18. The van der Waals surface area contributed by atoms with Gasteiger partial charge in [0.05, 0.1) is 11.0 Å². The van der Waals surface area contributed by atoms with E-state index in [9.17, 15) is 24.1 Å². The summed E-state index contributed by atoms with van der Waals surface area (Å²) < 4.78 is 18.5. The Balaban J connectivity index is 1.91. The highest BCUT2D eigenvalue weighted by Crippen LogP contribution is 2.17. The van der Waals surface area contributed by atoms with Gasteiger partial charge in [0.2, 0.25) is 0 Å². The molecule has 9 heteroatoms. The molecule has 0 aromatic heterocycles. The van der Waals surface area contributed by atoms with Gasteiger partial charge in [0.1, 0.15) is 5.82 Å². The van der Waals surface area contributed by atoms with E-state index in [1.807, 2.05) is 0 Å². The third-order valence-corrected chi connectivity index (χ3v) is 3.50. The summed E-state index contributed by atoms with van der Waals surface area (Å²) in [6.07, 6.45) is -0.623. The molecule has 0 bridgehead atoms. The van der Waals surface area contributed by atoms with Crippen LogP contribution in [0, 0.1) is 15.9 Å². The van der Waals surface area contributed by atoms with Crippen LogP contribution in [0.25, 0.3) is 0 Å². The lowest BCUT2D eigenvalue weighted by atomic mass is 10.1. The van der Waals surface area contributed by atoms with Gasteiger partial charge in [-0.25, -0.2) is 4.39 Å². The lowest BCUT2D eigenvalue weighted by Gasteiger charge is -2.16. The average molecular weight is 361 g/mol. The molecule has 0 aliphatic heterocycles. The fourth-order valence-electron chi connectivity index (χ4n) is 2.16. The molecule has 1 unspecified atom stereocenters. The van der Waals surface area contributed by atoms with E-state index in [1.165, 1.54) is 49.6 Å². The zero-order valence-electron chi connectivity index (χ0n) is 13.8. The maximum absolute atomic E-state index is 13.3. The van der Waals surface area contributed by atoms with Crippen LogP contribution < -0.4 is 10.6 Å². The Hall–Kier alpha value is -3.33. The number of hydrogen-bond acceptors (Lipinski definition) is 5. The molecule has 136 valence electrons. The molecular formula is C17H16FN3O5. The van der Waals surface area contributed by atoms with E-state index in [2.05, 4.69) is 10.6 Å². The van der Waals surface area contributed by atoms with Crippen LogP contribution in [0.5, 0.6) is 0 Å². The molecule has 26 heavy (non-hydrogen) atoms. The second kappa shape index (κ2) is 8.67. The Morgan fingerprint density at radius 3 is 2.46 bits per heavy atom. The molecule has 0 heterocycles. The van der Waals surface area contributed by atoms with Crippen molar-refractivity contribution in [2.24, 2.45) is 0 Å². The van der Waals surface area contributed by atoms with E-state index < -0.39 is 28.7 Å². The number of rotatable bonds is 6. The molecule has 0 aliphatic rings. The van der Waals surface area contributed by atoms with Gasteiger partial charge in [0.25, 0.3) is 5.69 Å². The molecule has 0 aliphatic carbocycles. The normalized spacial score (nSPS) is 11.5. The monoisotopic (exact) mass is 361 g/mol. The highest BCUT2D eigenvalue weighted by atomic mass is 19.1. The first-order valence-electron chi connectivity index (χ1n) is 7.52. The topological polar surface area (TPSA) is 111 Å². The maximum Gasteiger partial charge on any atom is 0.313 e. The number of benzene rings is 2. The minimum atomic E-state index is -0.937. The quantitative estimate of drug-likeness (QED) is 0.465. The van der Waals surface area contributed by atoms with Crippen molar-refractivity contribution in [2.45, 2.75) is 6.10 Å². The van der Waals surface area contributed by atoms with E-state index in [0.717, 1.165) is 0 Å². The standard InChI is InChI=1S/C17H16FN3O5/c1-26-15(11-3-2-4-12(18)9-11)10-19-16(22)17(23)20-13-5-7-14(8-6-13)21(24)25/h2-9,15H,10H2,1H3,(H,19,22)(H,20,23). The predicted octanol–water partition coefficient (Wildman–Crippen LogP) is 2.18. The number of hydrogen-bond donors (Lipinski definition) is 2. The number of nitro benzene ring substituents is 1. The molecule has 1 atom stereocenters. The molecule has 2 N–H and O–H groups in total. The second-order valence-electron chi connectivity index (χ2n) is 5.25. The van der Waals surface area contributed by atoms with Gasteiger partial charge >= 0.3 is 11.8 Å². The third-order valence-electron chi connectivity index (χ3n) is 3.50. The van der Waals surface area contributed by atoms with E-state index in [-0.39, 0.29) is 17.9 Å². The molecule has 0 radical (unpaired) electrons. The number of anilines is 1. The molecule has 8 nitrogen and oxygen atoms in total. The van der Waals surface area contributed by atoms with Gasteiger partial charge in [-0.05, 0) is 29.8 Å². The van der Waals surface area contributed by atoms with E-state index in [1.54, 1.807) is 6.07 Å². The van der Waals surface area contributed by atoms with Crippen molar-refractivity contribution in [3.05, 3.63) is 70.0 Å². The molecular weight excluding hydrogens is 345 g/mol. The Morgan fingerprint density at radius 2 is 1.88 bits per heavy atom. The second-order valence-corrected chi connectivity index (χ2v) is 5.25. The van der Waals surface area contributed by atoms with Gasteiger partial charge in [0, 0.05) is 31.5 Å². The number of ether oxygens (including phenoxy) is 1. The van der Waals surface area contributed by atoms with E-state index in [0.29, 0.717) is 5.56 Å². The smallest absolute Gasteiger partial charge is 0.313 e. The van der Waals surface area contributed by atoms with Crippen LogP contribution in [0.4, 0.5) is 15.8 Å². The molecule has 2 aromatic carbocycles. The predicted molar refractivity (Wildman–Crippen MR) is 90.9 cm³/mol. The number of methoxy groups -OCH3 is 1. The molecule has 2 aromatic rings. The van der Waals surface area contributed by atoms with Gasteiger partial charge in [-0.2, -0.15) is 0 Å². The van der Waals surface area contributed by atoms with Gasteiger partial charge in [0.15, 0.2) is 0 Å². The summed E-state index contributed by atoms with van der Waals surface area (Å²) in [6.45, 7) is -0.0352. The summed E-state index contributed by atoms with van der Waals surface area (Å²) in [5, 5.41) is 15.3. The van der Waals surface area contributed by atoms with Crippen molar-refractivity contribution in [1.82, 2.24) is 5.32 Å². The third kappa shape index (κ3) is 5.08. The van der Waals surface area contributed by atoms with Crippen molar-refractivity contribution >= 4 is 23.2 Å². The van der Waals surface area contributed by atoms with Crippen LogP contribution in [0.1, 0.15) is 11.7 Å². The van der Waals surface area contributed by atoms with E-state index >= 15 is 0 Å². The summed E-state index contributed by atoms with van der Waals surface area (Å²) in [4.78, 5) is 33.7. The lowest BCUT2D eigenvalue weighted by molar-refractivity contribution is -0.384. The van der Waals surface area contributed by atoms with Crippen molar-refractivity contribution in [3.8, 4) is 0 Å². The number of nitro groups is 1. The Kier molecular flexibility index (Phi) is 6.34. The zero-order chi connectivity index (χ0) is 19.1. The lowest BCUT2D eigenvalue weighted by Crippen LogP contribution is -2.38. The number of non-ortho nitro benzene ring substituents is 1. The van der Waals surface area contributed by atoms with Gasteiger partial charge < -0.3 is 15.4 Å². The molecule has 0 spiro atoms. The SMILES string of the molecule is COC(CNC(=O)C(=O)Nc1ccc([N+](=O)[O-])cc1)c1cccc(F)c1. The first-order valence-corrected chi connectivity index (χ1v) is 7.52. The zero-order valence-corrected chi connectivity index (χ0v) is 13.8. The van der Waals surface area contributed by atoms with Crippen LogP contribution in [0.3, 0.4) is 0 Å². The van der Waals surface area contributed by atoms with Crippen LogP contribution in [-0.2, 0) is 14.3 Å².